The number of ether oxygens (including phenoxy) is 2. The predicted molar refractivity (Wildman–Crippen MR) is 93.0 cm³/mol. The highest BCUT2D eigenvalue weighted by atomic mass is 16.5. The second-order valence-corrected chi connectivity index (χ2v) is 7.56. The zero-order valence-corrected chi connectivity index (χ0v) is 15.3. The third kappa shape index (κ3) is 4.69. The van der Waals surface area contributed by atoms with E-state index in [1.165, 1.54) is 6.42 Å². The molecule has 3 rings (SSSR count). The van der Waals surface area contributed by atoms with E-state index in [0.29, 0.717) is 18.1 Å². The molecule has 3 atom stereocenters. The van der Waals surface area contributed by atoms with Crippen molar-refractivity contribution in [2.75, 3.05) is 65.6 Å². The Morgan fingerprint density at radius 3 is 2.67 bits per heavy atom. The van der Waals surface area contributed by atoms with Crippen molar-refractivity contribution in [2.24, 2.45) is 5.92 Å². The fraction of sp³-hybridized carbons (Fsp3) is 0.944. The number of piperazine rings is 1. The van der Waals surface area contributed by atoms with Gasteiger partial charge in [0.25, 0.3) is 0 Å². The maximum Gasteiger partial charge on any atom is 0.219 e. The van der Waals surface area contributed by atoms with Gasteiger partial charge in [0.1, 0.15) is 0 Å². The number of carbonyl (C=O) groups excluding carboxylic acids is 1. The van der Waals surface area contributed by atoms with Crippen molar-refractivity contribution in [3.05, 3.63) is 0 Å². The highest BCUT2D eigenvalue weighted by Gasteiger charge is 2.35. The maximum absolute atomic E-state index is 11.5. The first kappa shape index (κ1) is 18.1. The minimum atomic E-state index is 0.208. The Morgan fingerprint density at radius 1 is 1.21 bits per heavy atom. The van der Waals surface area contributed by atoms with Crippen molar-refractivity contribution >= 4 is 5.91 Å². The molecule has 0 aromatic heterocycles. The quantitative estimate of drug-likeness (QED) is 0.666. The van der Waals surface area contributed by atoms with Gasteiger partial charge in [-0.25, -0.2) is 0 Å². The van der Waals surface area contributed by atoms with Gasteiger partial charge >= 0.3 is 0 Å². The summed E-state index contributed by atoms with van der Waals surface area (Å²) in [6.07, 6.45) is 2.65. The van der Waals surface area contributed by atoms with Crippen LogP contribution in [0.3, 0.4) is 0 Å². The van der Waals surface area contributed by atoms with Crippen LogP contribution in [0.25, 0.3) is 0 Å². The standard InChI is InChI=1S/C18H33N3O3/c1-15-12-19(9-11-23-14-17-4-3-10-24-17)13-18(15)21-7-5-20(6-8-21)16(2)22/h15,17-18H,3-14H2,1-2H3/t15-,17-,18-/m1/s1. The molecule has 0 aromatic carbocycles. The molecule has 0 spiro atoms. The molecule has 1 amide bonds. The second-order valence-electron chi connectivity index (χ2n) is 7.56. The van der Waals surface area contributed by atoms with Gasteiger partial charge in [-0.1, -0.05) is 6.92 Å². The minimum absolute atomic E-state index is 0.208. The van der Waals surface area contributed by atoms with E-state index >= 15 is 0 Å². The van der Waals surface area contributed by atoms with Crippen LogP contribution in [0, 0.1) is 5.92 Å². The molecule has 3 fully saturated rings. The van der Waals surface area contributed by atoms with E-state index in [1.54, 1.807) is 6.92 Å². The van der Waals surface area contributed by atoms with Gasteiger partial charge in [0.2, 0.25) is 5.91 Å². The third-order valence-electron chi connectivity index (χ3n) is 5.76. The van der Waals surface area contributed by atoms with Crippen molar-refractivity contribution < 1.29 is 14.3 Å². The summed E-state index contributed by atoms with van der Waals surface area (Å²) in [7, 11) is 0. The first-order valence-corrected chi connectivity index (χ1v) is 9.54. The summed E-state index contributed by atoms with van der Waals surface area (Å²) >= 11 is 0. The normalized spacial score (nSPS) is 32.6. The largest absolute Gasteiger partial charge is 0.377 e. The van der Waals surface area contributed by atoms with Crippen LogP contribution in [0.1, 0.15) is 26.7 Å². The van der Waals surface area contributed by atoms with E-state index in [1.807, 2.05) is 4.90 Å². The Hall–Kier alpha value is -0.690. The lowest BCUT2D eigenvalue weighted by molar-refractivity contribution is -0.130. The molecular weight excluding hydrogens is 306 g/mol. The SMILES string of the molecule is CC(=O)N1CCN([C@@H]2CN(CCOC[C@H]3CCCO3)C[C@H]2C)CC1. The highest BCUT2D eigenvalue weighted by Crippen LogP contribution is 2.23. The zero-order chi connectivity index (χ0) is 16.9. The summed E-state index contributed by atoms with van der Waals surface area (Å²) in [6.45, 7) is 13.6. The monoisotopic (exact) mass is 339 g/mol. The first-order valence-electron chi connectivity index (χ1n) is 9.54. The molecule has 0 radical (unpaired) electrons. The summed E-state index contributed by atoms with van der Waals surface area (Å²) in [4.78, 5) is 18.5. The lowest BCUT2D eigenvalue weighted by Gasteiger charge is -2.39. The number of amides is 1. The molecule has 3 aliphatic heterocycles. The molecule has 3 heterocycles. The van der Waals surface area contributed by atoms with Crippen molar-refractivity contribution in [2.45, 2.75) is 38.8 Å². The van der Waals surface area contributed by atoms with E-state index in [2.05, 4.69) is 16.7 Å². The van der Waals surface area contributed by atoms with Crippen molar-refractivity contribution in [3.8, 4) is 0 Å². The number of rotatable bonds is 6. The molecule has 0 bridgehead atoms. The van der Waals surface area contributed by atoms with E-state index in [0.717, 1.165) is 72.1 Å². The summed E-state index contributed by atoms with van der Waals surface area (Å²) in [5.74, 6) is 0.895. The van der Waals surface area contributed by atoms with Gasteiger partial charge in [0.15, 0.2) is 0 Å². The molecule has 0 unspecified atom stereocenters. The Morgan fingerprint density at radius 2 is 2.00 bits per heavy atom. The van der Waals surface area contributed by atoms with Crippen LogP contribution in [0.4, 0.5) is 0 Å². The van der Waals surface area contributed by atoms with Gasteiger partial charge in [-0.2, -0.15) is 0 Å². The lowest BCUT2D eigenvalue weighted by atomic mass is 10.0. The lowest BCUT2D eigenvalue weighted by Crippen LogP contribution is -2.53. The van der Waals surface area contributed by atoms with Crippen LogP contribution in [0.2, 0.25) is 0 Å². The minimum Gasteiger partial charge on any atom is -0.377 e. The molecule has 0 saturated carbocycles. The molecule has 6 nitrogen and oxygen atoms in total. The van der Waals surface area contributed by atoms with Crippen LogP contribution in [-0.2, 0) is 14.3 Å². The summed E-state index contributed by atoms with van der Waals surface area (Å²) < 4.78 is 11.4. The van der Waals surface area contributed by atoms with Gasteiger partial charge in [0.05, 0.1) is 19.3 Å². The molecule has 138 valence electrons. The van der Waals surface area contributed by atoms with Gasteiger partial charge in [-0.15, -0.1) is 0 Å². The topological polar surface area (TPSA) is 45.3 Å². The highest BCUT2D eigenvalue weighted by molar-refractivity contribution is 5.73. The average Bonchev–Trinajstić information content (AvgIpc) is 3.21. The number of hydrogen-bond donors (Lipinski definition) is 0. The van der Waals surface area contributed by atoms with E-state index in [9.17, 15) is 4.79 Å². The number of likely N-dealkylation sites (tertiary alicyclic amines) is 1. The Bertz CT molecular complexity index is 406. The molecule has 3 saturated heterocycles. The first-order chi connectivity index (χ1) is 11.6. The smallest absolute Gasteiger partial charge is 0.219 e. The summed E-state index contributed by atoms with van der Waals surface area (Å²) in [5, 5.41) is 0. The zero-order valence-electron chi connectivity index (χ0n) is 15.3. The summed E-state index contributed by atoms with van der Waals surface area (Å²) in [5.41, 5.74) is 0. The molecule has 24 heavy (non-hydrogen) atoms. The fourth-order valence-corrected chi connectivity index (χ4v) is 4.26. The number of hydrogen-bond acceptors (Lipinski definition) is 5. The van der Waals surface area contributed by atoms with Gasteiger partial charge < -0.3 is 14.4 Å². The van der Waals surface area contributed by atoms with Crippen LogP contribution in [0.15, 0.2) is 0 Å². The predicted octanol–water partition coefficient (Wildman–Crippen LogP) is 0.666. The van der Waals surface area contributed by atoms with Crippen LogP contribution in [0.5, 0.6) is 0 Å². The van der Waals surface area contributed by atoms with E-state index in [-0.39, 0.29) is 5.91 Å². The maximum atomic E-state index is 11.5. The Kier molecular flexibility index (Phi) is 6.49. The van der Waals surface area contributed by atoms with Crippen LogP contribution >= 0.6 is 0 Å². The van der Waals surface area contributed by atoms with Gasteiger partial charge in [0, 0.05) is 65.4 Å². The van der Waals surface area contributed by atoms with Crippen molar-refractivity contribution in [1.82, 2.24) is 14.7 Å². The van der Waals surface area contributed by atoms with Crippen molar-refractivity contribution in [3.63, 3.8) is 0 Å². The number of carbonyl (C=O) groups is 1. The molecule has 6 heteroatoms. The van der Waals surface area contributed by atoms with Gasteiger partial charge in [-0.05, 0) is 18.8 Å². The molecular formula is C18H33N3O3. The fourth-order valence-electron chi connectivity index (χ4n) is 4.26. The Labute approximate surface area is 146 Å². The molecule has 0 aliphatic carbocycles. The van der Waals surface area contributed by atoms with Gasteiger partial charge in [-0.3, -0.25) is 14.6 Å². The second kappa shape index (κ2) is 8.61. The molecule has 0 aromatic rings. The third-order valence-corrected chi connectivity index (χ3v) is 5.76. The Balaban J connectivity index is 1.34. The van der Waals surface area contributed by atoms with Crippen molar-refractivity contribution in [1.29, 1.82) is 0 Å². The van der Waals surface area contributed by atoms with E-state index in [4.69, 9.17) is 9.47 Å². The van der Waals surface area contributed by atoms with Crippen LogP contribution < -0.4 is 0 Å². The average molecular weight is 339 g/mol. The van der Waals surface area contributed by atoms with Crippen LogP contribution in [-0.4, -0.2) is 98.4 Å². The van der Waals surface area contributed by atoms with E-state index < -0.39 is 0 Å². The number of nitrogens with zero attached hydrogens (tertiary/aromatic N) is 3. The summed E-state index contributed by atoms with van der Waals surface area (Å²) in [6, 6.07) is 0.622. The molecule has 3 aliphatic rings. The molecule has 0 N–H and O–H groups in total.